The molecule has 0 atom stereocenters. The van der Waals surface area contributed by atoms with E-state index in [1.807, 2.05) is 0 Å². The van der Waals surface area contributed by atoms with Crippen LogP contribution in [0.15, 0.2) is 0 Å². The van der Waals surface area contributed by atoms with E-state index in [2.05, 4.69) is 0 Å². The smallest absolute Gasteiger partial charge is 0.167 e. The lowest BCUT2D eigenvalue weighted by atomic mass is 10.2. The van der Waals surface area contributed by atoms with Crippen molar-refractivity contribution in [1.82, 2.24) is 0 Å². The van der Waals surface area contributed by atoms with Gasteiger partial charge in [-0.25, -0.2) is 0 Å². The average Bonchev–Trinajstić information content (AvgIpc) is 1.72. The molecule has 34 valence electrons. The van der Waals surface area contributed by atoms with Crippen molar-refractivity contribution in [1.29, 1.82) is 15.9 Å². The highest BCUT2D eigenvalue weighted by atomic mass is 14.4. The Hall–Kier alpha value is -1.35. The van der Waals surface area contributed by atoms with Crippen LogP contribution < -0.4 is 0 Å². The van der Waals surface area contributed by atoms with Gasteiger partial charge < -0.3 is 5.41 Å². The first-order valence-electron chi connectivity index (χ1n) is 1.65. The Balaban J connectivity index is 3.73. The molecule has 0 radical (unpaired) electrons. The third kappa shape index (κ3) is 1.51. The molecule has 0 fully saturated rings. The van der Waals surface area contributed by atoms with Crippen molar-refractivity contribution in [3.8, 4) is 12.1 Å². The highest BCUT2D eigenvalue weighted by Crippen LogP contribution is 1.80. The van der Waals surface area contributed by atoms with Crippen LogP contribution in [0, 0.1) is 34.0 Å². The first-order chi connectivity index (χ1) is 3.35. The second kappa shape index (κ2) is 2.87. The first-order valence-corrected chi connectivity index (χ1v) is 1.65. The Labute approximate surface area is 41.3 Å². The number of nitrogens with zero attached hydrogens (tertiary/aromatic N) is 2. The van der Waals surface area contributed by atoms with Crippen molar-refractivity contribution in [3.05, 3.63) is 0 Å². The molecule has 0 aliphatic rings. The minimum atomic E-state index is -0.861. The van der Waals surface area contributed by atoms with Gasteiger partial charge in [0.15, 0.2) is 5.92 Å². The van der Waals surface area contributed by atoms with Gasteiger partial charge in [-0.05, 0) is 0 Å². The zero-order chi connectivity index (χ0) is 5.70. The molecule has 0 aromatic carbocycles. The molecule has 0 aromatic heterocycles. The van der Waals surface area contributed by atoms with Crippen LogP contribution in [-0.4, -0.2) is 6.21 Å². The number of nitriles is 2. The van der Waals surface area contributed by atoms with Gasteiger partial charge in [-0.3, -0.25) is 0 Å². The van der Waals surface area contributed by atoms with Crippen LogP contribution in [-0.2, 0) is 0 Å². The molecular weight excluding hydrogens is 90.1 g/mol. The Bertz CT molecular complexity index is 122. The molecule has 1 N–H and O–H groups in total. The van der Waals surface area contributed by atoms with Gasteiger partial charge in [0.2, 0.25) is 0 Å². The highest BCUT2D eigenvalue weighted by molar-refractivity contribution is 5.64. The second-order valence-electron chi connectivity index (χ2n) is 0.903. The number of rotatable bonds is 1. The van der Waals surface area contributed by atoms with Gasteiger partial charge in [-0.2, -0.15) is 10.5 Å². The van der Waals surface area contributed by atoms with Gasteiger partial charge in [-0.15, -0.1) is 0 Å². The Morgan fingerprint density at radius 1 is 1.43 bits per heavy atom. The Morgan fingerprint density at radius 3 is 1.86 bits per heavy atom. The minimum Gasteiger partial charge on any atom is -0.311 e. The molecule has 0 saturated heterocycles. The fourth-order valence-electron chi connectivity index (χ4n) is 0.103. The summed E-state index contributed by atoms with van der Waals surface area (Å²) >= 11 is 0. The lowest BCUT2D eigenvalue weighted by Gasteiger charge is -1.76. The van der Waals surface area contributed by atoms with Gasteiger partial charge in [0.25, 0.3) is 0 Å². The molecule has 7 heavy (non-hydrogen) atoms. The molecule has 3 nitrogen and oxygen atoms in total. The third-order valence-corrected chi connectivity index (χ3v) is 0.445. The summed E-state index contributed by atoms with van der Waals surface area (Å²) < 4.78 is 0. The van der Waals surface area contributed by atoms with Crippen molar-refractivity contribution < 1.29 is 0 Å². The predicted molar refractivity (Wildman–Crippen MR) is 23.5 cm³/mol. The minimum absolute atomic E-state index is 0.806. The summed E-state index contributed by atoms with van der Waals surface area (Å²) in [7, 11) is 0. The summed E-state index contributed by atoms with van der Waals surface area (Å²) in [6.45, 7) is 0. The standard InChI is InChI=1S/C4H3N3/c5-1-4(2-6)3-7/h1,4-5H. The van der Waals surface area contributed by atoms with E-state index >= 15 is 0 Å². The van der Waals surface area contributed by atoms with Crippen LogP contribution in [0.2, 0.25) is 0 Å². The highest BCUT2D eigenvalue weighted by Gasteiger charge is 1.94. The lowest BCUT2D eigenvalue weighted by molar-refractivity contribution is 1.16. The van der Waals surface area contributed by atoms with Gasteiger partial charge in [0.05, 0.1) is 12.1 Å². The zero-order valence-corrected chi connectivity index (χ0v) is 3.55. The maximum atomic E-state index is 7.90. The van der Waals surface area contributed by atoms with Gasteiger partial charge >= 0.3 is 0 Å². The molecule has 0 bridgehead atoms. The van der Waals surface area contributed by atoms with Gasteiger partial charge in [0.1, 0.15) is 0 Å². The lowest BCUT2D eigenvalue weighted by Crippen LogP contribution is -1.89. The largest absolute Gasteiger partial charge is 0.311 e. The van der Waals surface area contributed by atoms with Crippen LogP contribution in [0.3, 0.4) is 0 Å². The van der Waals surface area contributed by atoms with E-state index in [9.17, 15) is 0 Å². The topological polar surface area (TPSA) is 71.4 Å². The molecule has 0 rings (SSSR count). The van der Waals surface area contributed by atoms with Gasteiger partial charge in [-0.1, -0.05) is 0 Å². The van der Waals surface area contributed by atoms with Crippen LogP contribution in [0.4, 0.5) is 0 Å². The number of hydrogen-bond acceptors (Lipinski definition) is 3. The Morgan fingerprint density at radius 2 is 1.86 bits per heavy atom. The predicted octanol–water partition coefficient (Wildman–Crippen LogP) is 0.299. The fraction of sp³-hybridized carbons (Fsp3) is 0.250. The van der Waals surface area contributed by atoms with E-state index in [0.717, 1.165) is 6.21 Å². The van der Waals surface area contributed by atoms with E-state index in [-0.39, 0.29) is 0 Å². The SMILES string of the molecule is N#CC(C#N)C=N. The molecule has 0 heterocycles. The van der Waals surface area contributed by atoms with E-state index < -0.39 is 5.92 Å². The number of hydrogen-bond donors (Lipinski definition) is 1. The van der Waals surface area contributed by atoms with Crippen LogP contribution in [0.1, 0.15) is 0 Å². The quantitative estimate of drug-likeness (QED) is 0.473. The third-order valence-electron chi connectivity index (χ3n) is 0.445. The molecular formula is C4H3N3. The van der Waals surface area contributed by atoms with Crippen molar-refractivity contribution in [3.63, 3.8) is 0 Å². The summed E-state index contributed by atoms with van der Waals surface area (Å²) in [6, 6.07) is 3.19. The van der Waals surface area contributed by atoms with Crippen molar-refractivity contribution in [2.45, 2.75) is 0 Å². The first kappa shape index (κ1) is 5.65. The molecule has 3 heteroatoms. The van der Waals surface area contributed by atoms with Crippen molar-refractivity contribution >= 4 is 6.21 Å². The molecule has 0 amide bonds. The molecule has 0 spiro atoms. The van der Waals surface area contributed by atoms with Gasteiger partial charge in [0, 0.05) is 6.21 Å². The maximum Gasteiger partial charge on any atom is 0.167 e. The van der Waals surface area contributed by atoms with Crippen LogP contribution >= 0.6 is 0 Å². The van der Waals surface area contributed by atoms with Crippen LogP contribution in [0.5, 0.6) is 0 Å². The van der Waals surface area contributed by atoms with Crippen LogP contribution in [0.25, 0.3) is 0 Å². The van der Waals surface area contributed by atoms with E-state index in [1.54, 1.807) is 12.1 Å². The second-order valence-corrected chi connectivity index (χ2v) is 0.903. The maximum absolute atomic E-state index is 7.90. The summed E-state index contributed by atoms with van der Waals surface area (Å²) in [4.78, 5) is 0. The average molecular weight is 93.1 g/mol. The summed E-state index contributed by atoms with van der Waals surface area (Å²) in [5, 5.41) is 22.2. The van der Waals surface area contributed by atoms with Crippen molar-refractivity contribution in [2.24, 2.45) is 5.92 Å². The molecule has 0 unspecified atom stereocenters. The van der Waals surface area contributed by atoms with E-state index in [0.29, 0.717) is 0 Å². The monoisotopic (exact) mass is 93.0 g/mol. The number of nitrogens with one attached hydrogen (secondary N) is 1. The summed E-state index contributed by atoms with van der Waals surface area (Å²) in [5.74, 6) is -0.861. The summed E-state index contributed by atoms with van der Waals surface area (Å²) in [6.07, 6.45) is 0.806. The van der Waals surface area contributed by atoms with E-state index in [1.165, 1.54) is 0 Å². The van der Waals surface area contributed by atoms with Crippen molar-refractivity contribution in [2.75, 3.05) is 0 Å². The fourth-order valence-corrected chi connectivity index (χ4v) is 0.103. The molecule has 0 aliphatic carbocycles. The normalized spacial score (nSPS) is 6.71. The Kier molecular flexibility index (Phi) is 2.31. The molecule has 0 aromatic rings. The van der Waals surface area contributed by atoms with E-state index in [4.69, 9.17) is 15.9 Å². The molecule has 0 aliphatic heterocycles. The zero-order valence-electron chi connectivity index (χ0n) is 3.55. The summed E-state index contributed by atoms with van der Waals surface area (Å²) in [5.41, 5.74) is 0. The molecule has 0 saturated carbocycles.